The van der Waals surface area contributed by atoms with Gasteiger partial charge in [-0.3, -0.25) is 4.40 Å². The Bertz CT molecular complexity index is 1200. The van der Waals surface area contributed by atoms with Gasteiger partial charge in [0.2, 0.25) is 0 Å². The molecule has 0 saturated carbocycles. The first-order valence-electron chi connectivity index (χ1n) is 9.09. The van der Waals surface area contributed by atoms with E-state index in [1.54, 1.807) is 6.21 Å². The molecule has 0 spiro atoms. The van der Waals surface area contributed by atoms with Crippen LogP contribution < -0.4 is 4.74 Å². The summed E-state index contributed by atoms with van der Waals surface area (Å²) in [5.41, 5.74) is 1.71. The normalized spacial score (nSPS) is 12.0. The number of ether oxygens (including phenoxy) is 1. The van der Waals surface area contributed by atoms with E-state index in [4.69, 9.17) is 9.57 Å². The van der Waals surface area contributed by atoms with Gasteiger partial charge in [0.1, 0.15) is 12.4 Å². The Balaban J connectivity index is 1.39. The molecule has 160 valence electrons. The molecule has 0 fully saturated rings. The average Bonchev–Trinajstić information content (AvgIpc) is 3.33. The number of fused-ring (bicyclic) bond motifs is 1. The van der Waals surface area contributed by atoms with Crippen LogP contribution in [0.15, 0.2) is 69.7 Å². The van der Waals surface area contributed by atoms with E-state index in [-0.39, 0.29) is 19.0 Å². The number of hydrogen-bond acceptors (Lipinski definition) is 5. The van der Waals surface area contributed by atoms with Crippen LogP contribution in [0.5, 0.6) is 5.75 Å². The quantitative estimate of drug-likeness (QED) is 0.167. The highest BCUT2D eigenvalue weighted by molar-refractivity contribution is 9.10. The number of halogens is 4. The van der Waals surface area contributed by atoms with Crippen molar-refractivity contribution in [1.82, 2.24) is 9.38 Å². The maximum absolute atomic E-state index is 12.7. The van der Waals surface area contributed by atoms with Gasteiger partial charge in [0.05, 0.1) is 23.2 Å². The molecule has 2 aromatic carbocycles. The van der Waals surface area contributed by atoms with Crippen molar-refractivity contribution < 1.29 is 22.7 Å². The summed E-state index contributed by atoms with van der Waals surface area (Å²) in [7, 11) is 0. The fraction of sp³-hybridized carbons (Fsp3) is 0.143. The van der Waals surface area contributed by atoms with Crippen molar-refractivity contribution in [3.05, 3.63) is 75.8 Å². The summed E-state index contributed by atoms with van der Waals surface area (Å²) in [5.74, 6) is 0.121. The van der Waals surface area contributed by atoms with E-state index < -0.39 is 11.7 Å². The van der Waals surface area contributed by atoms with Gasteiger partial charge in [-0.25, -0.2) is 4.98 Å². The molecule has 0 bridgehead atoms. The van der Waals surface area contributed by atoms with Crippen LogP contribution in [0.4, 0.5) is 13.2 Å². The lowest BCUT2D eigenvalue weighted by Crippen LogP contribution is -2.07. The van der Waals surface area contributed by atoms with Crippen LogP contribution in [0, 0.1) is 0 Å². The Morgan fingerprint density at radius 3 is 2.71 bits per heavy atom. The van der Waals surface area contributed by atoms with Crippen molar-refractivity contribution in [3.63, 3.8) is 0 Å². The fourth-order valence-corrected chi connectivity index (χ4v) is 3.83. The second-order valence-corrected chi connectivity index (χ2v) is 8.14. The Hall–Kier alpha value is -2.85. The zero-order valence-corrected chi connectivity index (χ0v) is 18.2. The van der Waals surface area contributed by atoms with Crippen molar-refractivity contribution in [2.24, 2.45) is 5.16 Å². The summed E-state index contributed by atoms with van der Waals surface area (Å²) >= 11 is 4.93. The van der Waals surface area contributed by atoms with Crippen LogP contribution in [0.3, 0.4) is 0 Å². The molecule has 0 amide bonds. The minimum atomic E-state index is -4.41. The SMILES string of the molecule is FC(F)(F)c1cccc(OCCON=Cc2c(-c3ccc(Br)cc3)nc3sccn23)c1. The van der Waals surface area contributed by atoms with Crippen LogP contribution >= 0.6 is 27.3 Å². The number of thiazole rings is 1. The number of alkyl halides is 3. The molecule has 10 heteroatoms. The van der Waals surface area contributed by atoms with E-state index in [2.05, 4.69) is 26.1 Å². The van der Waals surface area contributed by atoms with Crippen LogP contribution in [-0.2, 0) is 11.0 Å². The van der Waals surface area contributed by atoms with Crippen LogP contribution in [0.1, 0.15) is 11.3 Å². The van der Waals surface area contributed by atoms with Gasteiger partial charge in [0.15, 0.2) is 11.6 Å². The standard InChI is InChI=1S/C21H15BrF3N3O2S/c22-16-6-4-14(5-7-16)19-18(28-8-11-31-20(28)27-19)13-26-30-10-9-29-17-3-1-2-15(12-17)21(23,24)25/h1-8,11-13H,9-10H2. The summed E-state index contributed by atoms with van der Waals surface area (Å²) in [5, 5.41) is 5.91. The van der Waals surface area contributed by atoms with Gasteiger partial charge in [-0.05, 0) is 30.3 Å². The van der Waals surface area contributed by atoms with Gasteiger partial charge >= 0.3 is 6.18 Å². The second-order valence-electron chi connectivity index (χ2n) is 6.35. The molecule has 31 heavy (non-hydrogen) atoms. The highest BCUT2D eigenvalue weighted by atomic mass is 79.9. The Labute approximate surface area is 187 Å². The number of hydrogen-bond donors (Lipinski definition) is 0. The molecule has 0 unspecified atom stereocenters. The zero-order chi connectivity index (χ0) is 21.8. The predicted molar refractivity (Wildman–Crippen MR) is 117 cm³/mol. The van der Waals surface area contributed by atoms with Gasteiger partial charge in [0.25, 0.3) is 0 Å². The topological polar surface area (TPSA) is 48.1 Å². The van der Waals surface area contributed by atoms with E-state index in [0.29, 0.717) is 0 Å². The number of aromatic nitrogens is 2. The third kappa shape index (κ3) is 5.08. The first-order chi connectivity index (χ1) is 14.9. The average molecular weight is 510 g/mol. The molecule has 5 nitrogen and oxygen atoms in total. The maximum Gasteiger partial charge on any atom is 0.416 e. The molecule has 0 radical (unpaired) electrons. The molecule has 2 aromatic heterocycles. The largest absolute Gasteiger partial charge is 0.490 e. The third-order valence-electron chi connectivity index (χ3n) is 4.27. The lowest BCUT2D eigenvalue weighted by molar-refractivity contribution is -0.137. The van der Waals surface area contributed by atoms with Crippen molar-refractivity contribution in [2.45, 2.75) is 6.18 Å². The van der Waals surface area contributed by atoms with Crippen LogP contribution in [0.25, 0.3) is 16.2 Å². The number of imidazole rings is 1. The van der Waals surface area contributed by atoms with Gasteiger partial charge in [-0.2, -0.15) is 13.2 Å². The molecule has 0 aliphatic carbocycles. The van der Waals surface area contributed by atoms with E-state index in [1.807, 2.05) is 40.2 Å². The van der Waals surface area contributed by atoms with Crippen molar-refractivity contribution in [3.8, 4) is 17.0 Å². The summed E-state index contributed by atoms with van der Waals surface area (Å²) in [4.78, 5) is 10.7. The van der Waals surface area contributed by atoms with E-state index >= 15 is 0 Å². The minimum absolute atomic E-state index is 0.0541. The van der Waals surface area contributed by atoms with Crippen molar-refractivity contribution in [1.29, 1.82) is 0 Å². The lowest BCUT2D eigenvalue weighted by Gasteiger charge is -2.09. The van der Waals surface area contributed by atoms with Gasteiger partial charge in [-0.1, -0.05) is 39.3 Å². The Morgan fingerprint density at radius 1 is 1.13 bits per heavy atom. The lowest BCUT2D eigenvalue weighted by atomic mass is 10.1. The first-order valence-corrected chi connectivity index (χ1v) is 10.8. The summed E-state index contributed by atoms with van der Waals surface area (Å²) < 4.78 is 46.4. The van der Waals surface area contributed by atoms with Gasteiger partial charge in [0, 0.05) is 21.6 Å². The summed E-state index contributed by atoms with van der Waals surface area (Å²) in [6.45, 7) is 0.129. The molecule has 0 atom stereocenters. The zero-order valence-electron chi connectivity index (χ0n) is 15.8. The minimum Gasteiger partial charge on any atom is -0.490 e. The molecule has 0 aliphatic rings. The molecule has 4 rings (SSSR count). The monoisotopic (exact) mass is 509 g/mol. The number of oxime groups is 1. The summed E-state index contributed by atoms with van der Waals surface area (Å²) in [6.07, 6.45) is -0.952. The molecule has 0 aliphatic heterocycles. The molecule has 2 heterocycles. The highest BCUT2D eigenvalue weighted by Crippen LogP contribution is 2.31. The molecule has 0 saturated heterocycles. The highest BCUT2D eigenvalue weighted by Gasteiger charge is 2.30. The van der Waals surface area contributed by atoms with Crippen molar-refractivity contribution >= 4 is 38.4 Å². The number of nitrogens with zero attached hydrogens (tertiary/aromatic N) is 3. The fourth-order valence-electron chi connectivity index (χ4n) is 2.85. The van der Waals surface area contributed by atoms with E-state index in [9.17, 15) is 13.2 Å². The number of benzene rings is 2. The first kappa shape index (κ1) is 21.4. The number of rotatable bonds is 7. The van der Waals surface area contributed by atoms with Crippen LogP contribution in [0.2, 0.25) is 0 Å². The van der Waals surface area contributed by atoms with E-state index in [0.717, 1.165) is 38.5 Å². The molecule has 0 N–H and O–H groups in total. The molecular formula is C21H15BrF3N3O2S. The van der Waals surface area contributed by atoms with E-state index in [1.165, 1.54) is 23.5 Å². The van der Waals surface area contributed by atoms with Crippen LogP contribution in [-0.4, -0.2) is 28.8 Å². The summed E-state index contributed by atoms with van der Waals surface area (Å²) in [6, 6.07) is 12.5. The van der Waals surface area contributed by atoms with Gasteiger partial charge in [-0.15, -0.1) is 11.3 Å². The maximum atomic E-state index is 12.7. The third-order valence-corrected chi connectivity index (χ3v) is 5.56. The van der Waals surface area contributed by atoms with Crippen molar-refractivity contribution in [2.75, 3.05) is 13.2 Å². The smallest absolute Gasteiger partial charge is 0.416 e. The van der Waals surface area contributed by atoms with Gasteiger partial charge < -0.3 is 9.57 Å². The molecular weight excluding hydrogens is 495 g/mol. The Kier molecular flexibility index (Phi) is 6.28. The molecule has 4 aromatic rings. The Morgan fingerprint density at radius 2 is 1.94 bits per heavy atom. The second kappa shape index (κ2) is 9.11. The predicted octanol–water partition coefficient (Wildman–Crippen LogP) is 6.27.